The maximum Gasteiger partial charge on any atom is 0.0709 e. The van der Waals surface area contributed by atoms with Gasteiger partial charge in [0.2, 0.25) is 0 Å². The minimum Gasteiger partial charge on any atom is -0.542 e. The van der Waals surface area contributed by atoms with E-state index in [1.54, 1.807) is 0 Å². The fraction of sp³-hybridized carbons (Fsp3) is 0.0312. The Balaban J connectivity index is 0.000000177. The number of nitrogens with zero attached hydrogens (tertiary/aromatic N) is 2. The number of fused-ring (bicyclic) bond motifs is 2. The van der Waals surface area contributed by atoms with Crippen LogP contribution in [-0.2, 0) is 24.9 Å². The summed E-state index contributed by atoms with van der Waals surface area (Å²) < 4.78 is 0. The summed E-state index contributed by atoms with van der Waals surface area (Å²) >= 11 is 0. The number of pyridine rings is 2. The Labute approximate surface area is 225 Å². The first-order chi connectivity index (χ1) is 17.3. The van der Waals surface area contributed by atoms with Crippen molar-refractivity contribution < 1.29 is 24.9 Å². The molecule has 6 aromatic rings. The smallest absolute Gasteiger partial charge is 0.0709 e. The molecular weight excluding hydrogens is 621 g/mol. The van der Waals surface area contributed by atoms with E-state index in [1.807, 2.05) is 72.8 Å². The summed E-state index contributed by atoms with van der Waals surface area (Å²) in [5.74, 6) is 0. The number of hydrogen-bond donors (Lipinski definition) is 0. The van der Waals surface area contributed by atoms with Gasteiger partial charge in [0.15, 0.2) is 0 Å². The van der Waals surface area contributed by atoms with E-state index in [9.17, 15) is 0 Å². The molecule has 0 spiro atoms. The summed E-state index contributed by atoms with van der Waals surface area (Å²) in [4.78, 5) is 18.0. The molecule has 1 radical (unpaired) electrons. The standard InChI is InChI=1S/2C15H11N.C2H3O.Ir/c2*1-2-6-12(7-3-1)15-11-10-13-8-4-5-9-14(13)16-15;1-2-3;/h2*1-11H;1H3;/q;;-1;. The van der Waals surface area contributed by atoms with Gasteiger partial charge in [-0.25, -0.2) is 9.97 Å². The second-order valence-corrected chi connectivity index (χ2v) is 7.71. The van der Waals surface area contributed by atoms with Gasteiger partial charge in [0.25, 0.3) is 0 Å². The van der Waals surface area contributed by atoms with Gasteiger partial charge in [-0.05, 0) is 24.3 Å². The Kier molecular flexibility index (Phi) is 10.2. The monoisotopic (exact) mass is 646 g/mol. The quantitative estimate of drug-likeness (QED) is 0.180. The van der Waals surface area contributed by atoms with E-state index >= 15 is 0 Å². The number of hydrogen-bond acceptors (Lipinski definition) is 3. The van der Waals surface area contributed by atoms with Crippen LogP contribution in [0.2, 0.25) is 0 Å². The molecular formula is C32H25IrN2O-. The van der Waals surface area contributed by atoms with Gasteiger partial charge in [0.05, 0.1) is 22.4 Å². The summed E-state index contributed by atoms with van der Waals surface area (Å²) in [5, 5.41) is 2.37. The molecule has 2 aromatic heterocycles. The van der Waals surface area contributed by atoms with Crippen LogP contribution in [-0.4, -0.2) is 16.3 Å². The molecule has 0 bridgehead atoms. The third kappa shape index (κ3) is 7.02. The summed E-state index contributed by atoms with van der Waals surface area (Å²) in [6.07, 6.45) is 1.50. The van der Waals surface area contributed by atoms with E-state index in [4.69, 9.17) is 4.79 Å². The zero-order valence-corrected chi connectivity index (χ0v) is 22.2. The van der Waals surface area contributed by atoms with Gasteiger partial charge in [-0.15, -0.1) is 0 Å². The molecule has 3 nitrogen and oxygen atoms in total. The van der Waals surface area contributed by atoms with Gasteiger partial charge in [-0.3, -0.25) is 6.29 Å². The summed E-state index contributed by atoms with van der Waals surface area (Å²) in [5.41, 5.74) is 6.47. The second-order valence-electron chi connectivity index (χ2n) is 7.71. The zero-order valence-electron chi connectivity index (χ0n) is 19.8. The van der Waals surface area contributed by atoms with Crippen molar-refractivity contribution in [2.75, 3.05) is 0 Å². The SMILES string of the molecule is C[C-]=O.[Ir].c1ccc(-c2ccc3ccccc3n2)cc1.c1ccc(-c2ccc3ccccc3n2)cc1. The van der Waals surface area contributed by atoms with Crippen molar-refractivity contribution in [3.05, 3.63) is 133 Å². The van der Waals surface area contributed by atoms with Crippen molar-refractivity contribution in [2.24, 2.45) is 0 Å². The fourth-order valence-corrected chi connectivity index (χ4v) is 3.67. The maximum atomic E-state index is 8.68. The number of benzene rings is 4. The van der Waals surface area contributed by atoms with Crippen molar-refractivity contribution >= 4 is 28.1 Å². The predicted molar refractivity (Wildman–Crippen MR) is 146 cm³/mol. The number of rotatable bonds is 2. The van der Waals surface area contributed by atoms with Crippen molar-refractivity contribution in [1.82, 2.24) is 9.97 Å². The largest absolute Gasteiger partial charge is 0.542 e. The second kappa shape index (κ2) is 13.8. The number of carbonyl (C=O) groups excluding carboxylic acids is 1. The Bertz CT molecular complexity index is 1400. The molecule has 4 aromatic carbocycles. The first-order valence-electron chi connectivity index (χ1n) is 11.4. The number of aromatic nitrogens is 2. The average Bonchev–Trinajstić information content (AvgIpc) is 2.94. The Morgan fingerprint density at radius 2 is 0.806 bits per heavy atom. The van der Waals surface area contributed by atoms with Gasteiger partial charge < -0.3 is 4.79 Å². The summed E-state index contributed by atoms with van der Waals surface area (Å²) in [6, 6.07) is 45.2. The Morgan fingerprint density at radius 1 is 0.472 bits per heavy atom. The molecule has 4 heteroatoms. The molecule has 2 heterocycles. The van der Waals surface area contributed by atoms with Gasteiger partial charge in [0, 0.05) is 42.0 Å². The van der Waals surface area contributed by atoms with E-state index in [-0.39, 0.29) is 20.1 Å². The van der Waals surface area contributed by atoms with Crippen molar-refractivity contribution in [2.45, 2.75) is 6.92 Å². The zero-order chi connectivity index (χ0) is 24.3. The van der Waals surface area contributed by atoms with E-state index in [0.717, 1.165) is 33.5 Å². The van der Waals surface area contributed by atoms with Crippen LogP contribution < -0.4 is 0 Å². The van der Waals surface area contributed by atoms with Crippen LogP contribution in [0.5, 0.6) is 0 Å². The van der Waals surface area contributed by atoms with Crippen LogP contribution in [0, 0.1) is 0 Å². The molecule has 6 rings (SSSR count). The van der Waals surface area contributed by atoms with Crippen molar-refractivity contribution in [1.29, 1.82) is 0 Å². The summed E-state index contributed by atoms with van der Waals surface area (Å²) in [7, 11) is 0. The molecule has 0 saturated carbocycles. The van der Waals surface area contributed by atoms with Gasteiger partial charge in [-0.2, -0.15) is 6.92 Å². The minimum atomic E-state index is 0. The third-order valence-corrected chi connectivity index (χ3v) is 5.34. The van der Waals surface area contributed by atoms with Crippen LogP contribution in [0.1, 0.15) is 6.92 Å². The molecule has 0 fully saturated rings. The van der Waals surface area contributed by atoms with Crippen LogP contribution in [0.3, 0.4) is 0 Å². The molecule has 0 amide bonds. The van der Waals surface area contributed by atoms with E-state index in [2.05, 4.69) is 70.6 Å². The average molecular weight is 646 g/mol. The van der Waals surface area contributed by atoms with Crippen LogP contribution in [0.15, 0.2) is 133 Å². The van der Waals surface area contributed by atoms with Gasteiger partial charge >= 0.3 is 0 Å². The molecule has 0 atom stereocenters. The van der Waals surface area contributed by atoms with Crippen LogP contribution in [0.25, 0.3) is 44.3 Å². The Hall–Kier alpha value is -3.98. The molecule has 179 valence electrons. The first-order valence-corrected chi connectivity index (χ1v) is 11.4. The molecule has 0 aliphatic rings. The van der Waals surface area contributed by atoms with E-state index in [1.165, 1.54) is 24.0 Å². The molecule has 36 heavy (non-hydrogen) atoms. The fourth-order valence-electron chi connectivity index (χ4n) is 3.67. The van der Waals surface area contributed by atoms with E-state index < -0.39 is 0 Å². The maximum absolute atomic E-state index is 8.68. The molecule has 0 saturated heterocycles. The molecule has 0 unspecified atom stereocenters. The molecule has 0 aliphatic heterocycles. The third-order valence-electron chi connectivity index (χ3n) is 5.34. The van der Waals surface area contributed by atoms with Crippen LogP contribution >= 0.6 is 0 Å². The molecule has 0 aliphatic carbocycles. The summed E-state index contributed by atoms with van der Waals surface area (Å²) in [6.45, 7) is 1.32. The Morgan fingerprint density at radius 3 is 1.19 bits per heavy atom. The molecule has 0 N–H and O–H groups in total. The van der Waals surface area contributed by atoms with Crippen molar-refractivity contribution in [3.8, 4) is 22.5 Å². The predicted octanol–water partition coefficient (Wildman–Crippen LogP) is 7.92. The first kappa shape index (κ1) is 26.6. The van der Waals surface area contributed by atoms with Gasteiger partial charge in [-0.1, -0.05) is 109 Å². The number of para-hydroxylation sites is 2. The van der Waals surface area contributed by atoms with Gasteiger partial charge in [0.1, 0.15) is 0 Å². The van der Waals surface area contributed by atoms with Crippen LogP contribution in [0.4, 0.5) is 0 Å². The normalized spacial score (nSPS) is 9.69. The topological polar surface area (TPSA) is 42.9 Å². The van der Waals surface area contributed by atoms with Crippen molar-refractivity contribution in [3.63, 3.8) is 0 Å². The minimum absolute atomic E-state index is 0. The van der Waals surface area contributed by atoms with E-state index in [0.29, 0.717) is 0 Å².